The van der Waals surface area contributed by atoms with E-state index in [1.807, 2.05) is 13.1 Å². The Morgan fingerprint density at radius 3 is 3.08 bits per heavy atom. The van der Waals surface area contributed by atoms with Crippen LogP contribution in [0, 0.1) is 5.92 Å². The number of sulfonamides is 1. The van der Waals surface area contributed by atoms with Gasteiger partial charge in [0.05, 0.1) is 9.92 Å². The van der Waals surface area contributed by atoms with E-state index in [0.717, 1.165) is 30.8 Å². The van der Waals surface area contributed by atoms with Gasteiger partial charge in [0.15, 0.2) is 0 Å². The summed E-state index contributed by atoms with van der Waals surface area (Å²) in [6.45, 7) is 3.22. The SMILES string of the molecule is C[C@@H]1Cc2cc(S(=O)(=O)NC[C@H]3CCn4ccnc4C3)cc(Cl)c2O1. The second kappa shape index (κ2) is 6.30. The summed E-state index contributed by atoms with van der Waals surface area (Å²) >= 11 is 6.21. The van der Waals surface area contributed by atoms with E-state index in [2.05, 4.69) is 14.3 Å². The molecule has 25 heavy (non-hydrogen) atoms. The Balaban J connectivity index is 1.48. The first-order valence-electron chi connectivity index (χ1n) is 8.41. The fraction of sp³-hybridized carbons (Fsp3) is 0.471. The molecule has 1 aromatic heterocycles. The summed E-state index contributed by atoms with van der Waals surface area (Å²) in [6.07, 6.45) is 6.16. The van der Waals surface area contributed by atoms with Gasteiger partial charge in [-0.25, -0.2) is 18.1 Å². The van der Waals surface area contributed by atoms with Crippen LogP contribution in [0.15, 0.2) is 29.4 Å². The van der Waals surface area contributed by atoms with Gasteiger partial charge in [-0.1, -0.05) is 11.6 Å². The lowest BCUT2D eigenvalue weighted by molar-refractivity contribution is 0.255. The Labute approximate surface area is 152 Å². The molecule has 1 N–H and O–H groups in total. The molecule has 0 saturated heterocycles. The maximum atomic E-state index is 12.7. The lowest BCUT2D eigenvalue weighted by atomic mass is 9.98. The van der Waals surface area contributed by atoms with Gasteiger partial charge in [0.25, 0.3) is 0 Å². The highest BCUT2D eigenvalue weighted by molar-refractivity contribution is 7.89. The van der Waals surface area contributed by atoms with Gasteiger partial charge in [-0.2, -0.15) is 0 Å². The fourth-order valence-corrected chi connectivity index (χ4v) is 5.06. The lowest BCUT2D eigenvalue weighted by Gasteiger charge is -2.23. The minimum atomic E-state index is -3.60. The van der Waals surface area contributed by atoms with Crippen molar-refractivity contribution in [1.82, 2.24) is 14.3 Å². The number of hydrogen-bond acceptors (Lipinski definition) is 4. The molecule has 0 saturated carbocycles. The molecule has 2 aromatic rings. The number of imidazole rings is 1. The van der Waals surface area contributed by atoms with Crippen molar-refractivity contribution < 1.29 is 13.2 Å². The zero-order valence-electron chi connectivity index (χ0n) is 13.9. The Hall–Kier alpha value is -1.57. The maximum Gasteiger partial charge on any atom is 0.240 e. The largest absolute Gasteiger partial charge is 0.489 e. The second-order valence-corrected chi connectivity index (χ2v) is 8.95. The van der Waals surface area contributed by atoms with Crippen LogP contribution in [0.3, 0.4) is 0 Å². The molecule has 0 radical (unpaired) electrons. The number of benzene rings is 1. The number of fused-ring (bicyclic) bond motifs is 2. The highest BCUT2D eigenvalue weighted by Crippen LogP contribution is 2.38. The zero-order chi connectivity index (χ0) is 17.6. The number of aryl methyl sites for hydroxylation is 1. The van der Waals surface area contributed by atoms with Crippen molar-refractivity contribution in [1.29, 1.82) is 0 Å². The van der Waals surface area contributed by atoms with Crippen molar-refractivity contribution in [2.45, 2.75) is 43.7 Å². The number of ether oxygens (including phenoxy) is 1. The fourth-order valence-electron chi connectivity index (χ4n) is 3.51. The van der Waals surface area contributed by atoms with Crippen LogP contribution < -0.4 is 9.46 Å². The van der Waals surface area contributed by atoms with E-state index in [-0.39, 0.29) is 16.9 Å². The van der Waals surface area contributed by atoms with Gasteiger partial charge in [0.1, 0.15) is 17.7 Å². The number of halogens is 1. The van der Waals surface area contributed by atoms with E-state index >= 15 is 0 Å². The van der Waals surface area contributed by atoms with Crippen molar-refractivity contribution in [3.05, 3.63) is 40.9 Å². The summed E-state index contributed by atoms with van der Waals surface area (Å²) in [5.41, 5.74) is 0.847. The van der Waals surface area contributed by atoms with Gasteiger partial charge in [0, 0.05) is 43.9 Å². The molecule has 6 nitrogen and oxygen atoms in total. The van der Waals surface area contributed by atoms with Crippen molar-refractivity contribution in [3.8, 4) is 5.75 Å². The minimum Gasteiger partial charge on any atom is -0.489 e. The van der Waals surface area contributed by atoms with Gasteiger partial charge < -0.3 is 9.30 Å². The first-order chi connectivity index (χ1) is 11.9. The third kappa shape index (κ3) is 3.28. The molecule has 2 atom stereocenters. The molecule has 8 heteroatoms. The molecule has 2 aliphatic rings. The van der Waals surface area contributed by atoms with Crippen LogP contribution in [0.4, 0.5) is 0 Å². The summed E-state index contributed by atoms with van der Waals surface area (Å²) in [4.78, 5) is 4.52. The molecule has 1 aromatic carbocycles. The quantitative estimate of drug-likeness (QED) is 0.882. The predicted octanol–water partition coefficient (Wildman–Crippen LogP) is 2.40. The summed E-state index contributed by atoms with van der Waals surface area (Å²) < 4.78 is 35.8. The van der Waals surface area contributed by atoms with Gasteiger partial charge in [0.2, 0.25) is 10.0 Å². The van der Waals surface area contributed by atoms with Gasteiger partial charge in [-0.05, 0) is 31.4 Å². The molecule has 4 rings (SSSR count). The molecule has 0 unspecified atom stereocenters. The molecule has 0 aliphatic carbocycles. The molecule has 0 bridgehead atoms. The number of nitrogens with one attached hydrogen (secondary N) is 1. The first-order valence-corrected chi connectivity index (χ1v) is 10.3. The van der Waals surface area contributed by atoms with E-state index in [1.165, 1.54) is 6.07 Å². The standard InChI is InChI=1S/C17H20ClN3O3S/c1-11-6-13-8-14(9-15(18)17(13)24-11)25(22,23)20-10-12-2-4-21-5-3-19-16(21)7-12/h3,5,8-9,11-12,20H,2,4,6-7,10H2,1H3/t11-,12+/m1/s1. The van der Waals surface area contributed by atoms with E-state index in [0.29, 0.717) is 23.7 Å². The summed E-state index contributed by atoms with van der Waals surface area (Å²) in [5, 5.41) is 0.349. The zero-order valence-corrected chi connectivity index (χ0v) is 15.5. The van der Waals surface area contributed by atoms with Crippen molar-refractivity contribution in [2.24, 2.45) is 5.92 Å². The third-order valence-electron chi connectivity index (χ3n) is 4.84. The topological polar surface area (TPSA) is 73.2 Å². The monoisotopic (exact) mass is 381 g/mol. The van der Waals surface area contributed by atoms with E-state index < -0.39 is 10.0 Å². The number of hydrogen-bond donors (Lipinski definition) is 1. The van der Waals surface area contributed by atoms with Crippen LogP contribution in [0.1, 0.15) is 24.7 Å². The van der Waals surface area contributed by atoms with E-state index in [1.54, 1.807) is 12.3 Å². The van der Waals surface area contributed by atoms with Crippen LogP contribution in [0.25, 0.3) is 0 Å². The molecule has 0 spiro atoms. The van der Waals surface area contributed by atoms with Crippen LogP contribution in [-0.4, -0.2) is 30.6 Å². The smallest absolute Gasteiger partial charge is 0.240 e. The highest BCUT2D eigenvalue weighted by atomic mass is 35.5. The predicted molar refractivity (Wildman–Crippen MR) is 94.5 cm³/mol. The molecular formula is C17H20ClN3O3S. The van der Waals surface area contributed by atoms with Crippen molar-refractivity contribution in [2.75, 3.05) is 6.54 Å². The normalized spacial score (nSPS) is 22.3. The second-order valence-electron chi connectivity index (χ2n) is 6.77. The minimum absolute atomic E-state index is 0.0180. The Morgan fingerprint density at radius 2 is 2.24 bits per heavy atom. The first kappa shape index (κ1) is 16.9. The van der Waals surface area contributed by atoms with E-state index in [9.17, 15) is 8.42 Å². The molecule has 2 aliphatic heterocycles. The van der Waals surface area contributed by atoms with Crippen LogP contribution in [0.5, 0.6) is 5.75 Å². The van der Waals surface area contributed by atoms with Gasteiger partial charge >= 0.3 is 0 Å². The Kier molecular flexibility index (Phi) is 4.25. The summed E-state index contributed by atoms with van der Waals surface area (Å²) in [6, 6.07) is 3.13. The van der Waals surface area contributed by atoms with Gasteiger partial charge in [-0.3, -0.25) is 0 Å². The summed E-state index contributed by atoms with van der Waals surface area (Å²) in [5.74, 6) is 1.87. The lowest BCUT2D eigenvalue weighted by Crippen LogP contribution is -2.33. The van der Waals surface area contributed by atoms with Crippen LogP contribution in [-0.2, 0) is 29.4 Å². The molecule has 3 heterocycles. The Morgan fingerprint density at radius 1 is 1.40 bits per heavy atom. The molecule has 0 fully saturated rings. The van der Waals surface area contributed by atoms with Crippen LogP contribution in [0.2, 0.25) is 5.02 Å². The molecule has 0 amide bonds. The average molecular weight is 382 g/mol. The molecular weight excluding hydrogens is 362 g/mol. The summed E-state index contributed by atoms with van der Waals surface area (Å²) in [7, 11) is -3.60. The average Bonchev–Trinajstić information content (AvgIpc) is 3.18. The highest BCUT2D eigenvalue weighted by Gasteiger charge is 2.27. The maximum absolute atomic E-state index is 12.7. The van der Waals surface area contributed by atoms with Crippen LogP contribution >= 0.6 is 11.6 Å². The van der Waals surface area contributed by atoms with Gasteiger partial charge in [-0.15, -0.1) is 0 Å². The number of nitrogens with zero attached hydrogens (tertiary/aromatic N) is 2. The van der Waals surface area contributed by atoms with E-state index in [4.69, 9.17) is 16.3 Å². The van der Waals surface area contributed by atoms with Crippen molar-refractivity contribution in [3.63, 3.8) is 0 Å². The Bertz CT molecular complexity index is 910. The van der Waals surface area contributed by atoms with Crippen molar-refractivity contribution >= 4 is 21.6 Å². The molecule has 134 valence electrons. The number of rotatable bonds is 4. The number of aromatic nitrogens is 2. The third-order valence-corrected chi connectivity index (χ3v) is 6.53.